The van der Waals surface area contributed by atoms with Crippen molar-refractivity contribution >= 4 is 54.8 Å². The lowest BCUT2D eigenvalue weighted by Gasteiger charge is -2.10. The van der Waals surface area contributed by atoms with Gasteiger partial charge in [0.1, 0.15) is 12.4 Å². The molecule has 0 radical (unpaired) electrons. The van der Waals surface area contributed by atoms with Crippen LogP contribution >= 0.6 is 54.8 Å². The van der Waals surface area contributed by atoms with Crippen LogP contribution in [0.4, 0.5) is 0 Å². The lowest BCUT2D eigenvalue weighted by atomic mass is 10.2. The van der Waals surface area contributed by atoms with Gasteiger partial charge in [-0.1, -0.05) is 33.6 Å². The van der Waals surface area contributed by atoms with Crippen molar-refractivity contribution in [2.45, 2.75) is 11.9 Å². The number of rotatable bonds is 4. The molecule has 0 aliphatic carbocycles. The fourth-order valence-electron chi connectivity index (χ4n) is 1.38. The largest absolute Gasteiger partial charge is 0.488 e. The standard InChI is InChI=1S/C12H9Br2ClOS/c13-5-10-11(15)2-1-3-12(10)16-6-9-4-8(14)7-17-9/h1-4,7H,5-6H2. The van der Waals surface area contributed by atoms with E-state index in [0.717, 1.165) is 20.8 Å². The van der Waals surface area contributed by atoms with E-state index >= 15 is 0 Å². The van der Waals surface area contributed by atoms with Crippen molar-refractivity contribution in [3.63, 3.8) is 0 Å². The minimum atomic E-state index is 0.566. The molecule has 0 spiro atoms. The molecule has 5 heteroatoms. The Hall–Kier alpha value is -0.0300. The van der Waals surface area contributed by atoms with Crippen molar-refractivity contribution in [2.24, 2.45) is 0 Å². The van der Waals surface area contributed by atoms with Crippen LogP contribution in [0.25, 0.3) is 0 Å². The molecule has 0 atom stereocenters. The third-order valence-corrected chi connectivity index (χ3v) is 4.79. The minimum Gasteiger partial charge on any atom is -0.488 e. The van der Waals surface area contributed by atoms with Crippen molar-refractivity contribution in [3.8, 4) is 5.75 Å². The summed E-state index contributed by atoms with van der Waals surface area (Å²) in [5, 5.41) is 3.46. The van der Waals surface area contributed by atoms with Gasteiger partial charge in [-0.15, -0.1) is 11.3 Å². The van der Waals surface area contributed by atoms with Crippen LogP contribution in [0.2, 0.25) is 5.02 Å². The molecule has 1 aromatic carbocycles. The zero-order valence-corrected chi connectivity index (χ0v) is 13.5. The molecule has 0 N–H and O–H groups in total. The smallest absolute Gasteiger partial charge is 0.125 e. The Morgan fingerprint density at radius 1 is 1.35 bits per heavy atom. The highest BCUT2D eigenvalue weighted by atomic mass is 79.9. The molecule has 17 heavy (non-hydrogen) atoms. The van der Waals surface area contributed by atoms with E-state index in [-0.39, 0.29) is 0 Å². The van der Waals surface area contributed by atoms with Crippen LogP contribution in [0.15, 0.2) is 34.1 Å². The molecule has 2 aromatic rings. The Bertz CT molecular complexity index is 513. The Morgan fingerprint density at radius 2 is 2.18 bits per heavy atom. The monoisotopic (exact) mass is 394 g/mol. The van der Waals surface area contributed by atoms with E-state index in [1.54, 1.807) is 11.3 Å². The second kappa shape index (κ2) is 6.23. The van der Waals surface area contributed by atoms with E-state index in [2.05, 4.69) is 37.9 Å². The summed E-state index contributed by atoms with van der Waals surface area (Å²) in [5.41, 5.74) is 0.991. The first-order chi connectivity index (χ1) is 8.20. The second-order valence-electron chi connectivity index (χ2n) is 3.37. The van der Waals surface area contributed by atoms with Crippen LogP contribution < -0.4 is 4.74 Å². The maximum absolute atomic E-state index is 6.10. The van der Waals surface area contributed by atoms with E-state index < -0.39 is 0 Å². The minimum absolute atomic E-state index is 0.566. The van der Waals surface area contributed by atoms with Gasteiger partial charge in [-0.05, 0) is 34.1 Å². The molecular formula is C12H9Br2ClOS. The van der Waals surface area contributed by atoms with Crippen LogP contribution in [-0.4, -0.2) is 0 Å². The molecule has 1 aromatic heterocycles. The predicted molar refractivity (Wildman–Crippen MR) is 80.4 cm³/mol. The highest BCUT2D eigenvalue weighted by molar-refractivity contribution is 9.10. The van der Waals surface area contributed by atoms with E-state index in [1.165, 1.54) is 4.88 Å². The Labute approximate surface area is 126 Å². The number of thiophene rings is 1. The highest BCUT2D eigenvalue weighted by Crippen LogP contribution is 2.30. The Kier molecular flexibility index (Phi) is 4.91. The first-order valence-corrected chi connectivity index (χ1v) is 8.07. The average Bonchev–Trinajstić information content (AvgIpc) is 2.72. The zero-order chi connectivity index (χ0) is 12.3. The molecule has 0 aliphatic heterocycles. The quantitative estimate of drug-likeness (QED) is 0.608. The van der Waals surface area contributed by atoms with E-state index in [1.807, 2.05) is 23.6 Å². The van der Waals surface area contributed by atoms with Gasteiger partial charge in [0.2, 0.25) is 0 Å². The summed E-state index contributed by atoms with van der Waals surface area (Å²) >= 11 is 14.6. The molecule has 1 heterocycles. The van der Waals surface area contributed by atoms with Gasteiger partial charge >= 0.3 is 0 Å². The fraction of sp³-hybridized carbons (Fsp3) is 0.167. The number of ether oxygens (including phenoxy) is 1. The van der Waals surface area contributed by atoms with Crippen LogP contribution in [0, 0.1) is 0 Å². The van der Waals surface area contributed by atoms with E-state index in [0.29, 0.717) is 11.9 Å². The topological polar surface area (TPSA) is 9.23 Å². The molecule has 1 nitrogen and oxygen atoms in total. The zero-order valence-electron chi connectivity index (χ0n) is 8.75. The van der Waals surface area contributed by atoms with Gasteiger partial charge in [0, 0.05) is 30.6 Å². The number of hydrogen-bond acceptors (Lipinski definition) is 2. The van der Waals surface area contributed by atoms with Crippen molar-refractivity contribution in [3.05, 3.63) is 49.6 Å². The molecule has 0 saturated heterocycles. The van der Waals surface area contributed by atoms with Crippen molar-refractivity contribution in [1.82, 2.24) is 0 Å². The van der Waals surface area contributed by atoms with Crippen LogP contribution in [0.1, 0.15) is 10.4 Å². The number of halogens is 3. The summed E-state index contributed by atoms with van der Waals surface area (Å²) in [5.74, 6) is 0.832. The lowest BCUT2D eigenvalue weighted by Crippen LogP contribution is -1.96. The van der Waals surface area contributed by atoms with Crippen molar-refractivity contribution < 1.29 is 4.74 Å². The lowest BCUT2D eigenvalue weighted by molar-refractivity contribution is 0.307. The number of benzene rings is 1. The van der Waals surface area contributed by atoms with Crippen LogP contribution in [-0.2, 0) is 11.9 Å². The van der Waals surface area contributed by atoms with E-state index in [4.69, 9.17) is 16.3 Å². The maximum Gasteiger partial charge on any atom is 0.125 e. The summed E-state index contributed by atoms with van der Waals surface area (Å²) < 4.78 is 6.87. The fourth-order valence-corrected chi connectivity index (χ4v) is 3.72. The maximum atomic E-state index is 6.10. The number of hydrogen-bond donors (Lipinski definition) is 0. The number of alkyl halides is 1. The summed E-state index contributed by atoms with van der Waals surface area (Å²) in [6, 6.07) is 7.76. The van der Waals surface area contributed by atoms with Crippen molar-refractivity contribution in [2.75, 3.05) is 0 Å². The predicted octanol–water partition coefficient (Wildman–Crippen LogP) is 5.64. The van der Waals surface area contributed by atoms with E-state index in [9.17, 15) is 0 Å². The molecular weight excluding hydrogens is 387 g/mol. The molecule has 0 bridgehead atoms. The first kappa shape index (κ1) is 13.4. The Morgan fingerprint density at radius 3 is 2.82 bits per heavy atom. The molecule has 0 aliphatic rings. The summed E-state index contributed by atoms with van der Waals surface area (Å²) in [7, 11) is 0. The molecule has 0 fully saturated rings. The third-order valence-electron chi connectivity index (χ3n) is 2.20. The highest BCUT2D eigenvalue weighted by Gasteiger charge is 2.07. The Balaban J connectivity index is 2.11. The van der Waals surface area contributed by atoms with Gasteiger partial charge in [-0.2, -0.15) is 0 Å². The van der Waals surface area contributed by atoms with Gasteiger partial charge in [-0.25, -0.2) is 0 Å². The SMILES string of the molecule is Clc1cccc(OCc2cc(Br)cs2)c1CBr. The average molecular weight is 397 g/mol. The van der Waals surface area contributed by atoms with Gasteiger partial charge in [0.25, 0.3) is 0 Å². The van der Waals surface area contributed by atoms with Crippen LogP contribution in [0.5, 0.6) is 5.75 Å². The molecule has 0 saturated carbocycles. The summed E-state index contributed by atoms with van der Waals surface area (Å²) in [6.45, 7) is 0.566. The summed E-state index contributed by atoms with van der Waals surface area (Å²) in [4.78, 5) is 1.18. The van der Waals surface area contributed by atoms with Gasteiger partial charge in [0.15, 0.2) is 0 Å². The van der Waals surface area contributed by atoms with Gasteiger partial charge < -0.3 is 4.74 Å². The molecule has 0 unspecified atom stereocenters. The molecule has 2 rings (SSSR count). The van der Waals surface area contributed by atoms with Crippen molar-refractivity contribution in [1.29, 1.82) is 0 Å². The third kappa shape index (κ3) is 3.47. The van der Waals surface area contributed by atoms with Gasteiger partial charge in [0.05, 0.1) is 0 Å². The van der Waals surface area contributed by atoms with Crippen LogP contribution in [0.3, 0.4) is 0 Å². The first-order valence-electron chi connectivity index (χ1n) is 4.90. The molecule has 90 valence electrons. The normalized spacial score (nSPS) is 10.5. The summed E-state index contributed by atoms with van der Waals surface area (Å²) in [6.07, 6.45) is 0. The van der Waals surface area contributed by atoms with Gasteiger partial charge in [-0.3, -0.25) is 0 Å². The molecule has 0 amide bonds. The second-order valence-corrected chi connectivity index (χ2v) is 6.25.